The Morgan fingerprint density at radius 2 is 1.79 bits per heavy atom. The molecular weight excluding hydrogens is 423 g/mol. The molecule has 170 valence electrons. The molecule has 0 aromatic heterocycles. The number of phenolic OH excluding ortho intramolecular Hbond substituents is 1. The van der Waals surface area contributed by atoms with Gasteiger partial charge < -0.3 is 20.5 Å². The molecule has 0 saturated carbocycles. The van der Waals surface area contributed by atoms with Crippen molar-refractivity contribution in [3.05, 3.63) is 94.8 Å². The Morgan fingerprint density at radius 1 is 1.06 bits per heavy atom. The van der Waals surface area contributed by atoms with Crippen molar-refractivity contribution in [3.8, 4) is 11.5 Å². The van der Waals surface area contributed by atoms with Crippen LogP contribution in [0.1, 0.15) is 45.9 Å². The third kappa shape index (κ3) is 4.67. The van der Waals surface area contributed by atoms with Crippen molar-refractivity contribution in [1.29, 1.82) is 0 Å². The highest BCUT2D eigenvalue weighted by Gasteiger charge is 2.35. The van der Waals surface area contributed by atoms with Gasteiger partial charge in [-0.15, -0.1) is 0 Å². The van der Waals surface area contributed by atoms with Crippen molar-refractivity contribution in [2.75, 3.05) is 7.11 Å². The minimum Gasteiger partial charge on any atom is -0.504 e. The summed E-state index contributed by atoms with van der Waals surface area (Å²) in [4.78, 5) is 26.0. The van der Waals surface area contributed by atoms with Crippen molar-refractivity contribution in [1.82, 2.24) is 10.6 Å². The van der Waals surface area contributed by atoms with E-state index in [4.69, 9.17) is 4.74 Å². The molecule has 1 unspecified atom stereocenters. The fourth-order valence-corrected chi connectivity index (χ4v) is 4.17. The second-order valence-corrected chi connectivity index (χ2v) is 8.13. The van der Waals surface area contributed by atoms with Gasteiger partial charge in [0.25, 0.3) is 5.91 Å². The molecule has 0 heterocycles. The van der Waals surface area contributed by atoms with Gasteiger partial charge in [-0.3, -0.25) is 9.59 Å². The molecule has 3 N–H and O–H groups in total. The number of halogens is 1. The first-order valence-electron chi connectivity index (χ1n) is 10.7. The number of nitrogens with one attached hydrogen (secondary N) is 2. The van der Waals surface area contributed by atoms with E-state index in [9.17, 15) is 19.1 Å². The van der Waals surface area contributed by atoms with Crippen molar-refractivity contribution < 1.29 is 23.8 Å². The number of methoxy groups -OCH3 is 1. The zero-order valence-electron chi connectivity index (χ0n) is 18.3. The molecule has 4 rings (SSSR count). The molecule has 0 saturated heterocycles. The zero-order valence-corrected chi connectivity index (χ0v) is 18.3. The van der Waals surface area contributed by atoms with Crippen LogP contribution >= 0.6 is 0 Å². The third-order valence-electron chi connectivity index (χ3n) is 6.05. The number of amides is 2. The number of benzene rings is 3. The van der Waals surface area contributed by atoms with E-state index in [1.54, 1.807) is 25.1 Å². The van der Waals surface area contributed by atoms with Gasteiger partial charge in [0.2, 0.25) is 5.91 Å². The lowest BCUT2D eigenvalue weighted by Crippen LogP contribution is -2.45. The Balaban J connectivity index is 1.53. The van der Waals surface area contributed by atoms with E-state index in [1.165, 1.54) is 31.4 Å². The number of hydrogen-bond donors (Lipinski definition) is 3. The van der Waals surface area contributed by atoms with Crippen LogP contribution in [0.5, 0.6) is 11.5 Å². The predicted molar refractivity (Wildman–Crippen MR) is 122 cm³/mol. The van der Waals surface area contributed by atoms with Crippen molar-refractivity contribution >= 4 is 11.8 Å². The first-order chi connectivity index (χ1) is 15.9. The van der Waals surface area contributed by atoms with Gasteiger partial charge in [0.1, 0.15) is 5.82 Å². The van der Waals surface area contributed by atoms with Crippen molar-refractivity contribution in [2.45, 2.75) is 31.3 Å². The van der Waals surface area contributed by atoms with Gasteiger partial charge >= 0.3 is 0 Å². The topological polar surface area (TPSA) is 87.7 Å². The number of hydrogen-bond acceptors (Lipinski definition) is 4. The van der Waals surface area contributed by atoms with Gasteiger partial charge in [-0.25, -0.2) is 4.39 Å². The largest absolute Gasteiger partial charge is 0.504 e. The average Bonchev–Trinajstić information content (AvgIpc) is 3.15. The predicted octanol–water partition coefficient (Wildman–Crippen LogP) is 3.86. The summed E-state index contributed by atoms with van der Waals surface area (Å²) in [5, 5.41) is 16.1. The number of fused-ring (bicyclic) bond motifs is 1. The Morgan fingerprint density at radius 3 is 2.48 bits per heavy atom. The molecule has 0 bridgehead atoms. The molecule has 1 aliphatic rings. The van der Waals surface area contributed by atoms with Crippen LogP contribution in [0.4, 0.5) is 4.39 Å². The summed E-state index contributed by atoms with van der Waals surface area (Å²) in [5.74, 6) is -1.27. The van der Waals surface area contributed by atoms with Gasteiger partial charge in [0.05, 0.1) is 25.1 Å². The third-order valence-corrected chi connectivity index (χ3v) is 6.05. The van der Waals surface area contributed by atoms with Crippen LogP contribution in [0.15, 0.2) is 66.7 Å². The second-order valence-electron chi connectivity index (χ2n) is 8.13. The van der Waals surface area contributed by atoms with Crippen LogP contribution in [0.25, 0.3) is 0 Å². The van der Waals surface area contributed by atoms with E-state index in [2.05, 4.69) is 10.6 Å². The van der Waals surface area contributed by atoms with E-state index in [-0.39, 0.29) is 40.7 Å². The normalized spacial score (nSPS) is 17.7. The number of carbonyl (C=O) groups is 2. The minimum absolute atomic E-state index is 0.130. The summed E-state index contributed by atoms with van der Waals surface area (Å²) >= 11 is 0. The average molecular weight is 448 g/mol. The SMILES string of the molecule is COc1ccc(C(=O)N[C@@H]2c3ccccc3C[C@H]2NC(=O)C(C)c2ccc(F)cc2)cc1O. The van der Waals surface area contributed by atoms with Gasteiger partial charge in [-0.1, -0.05) is 36.4 Å². The van der Waals surface area contributed by atoms with Crippen molar-refractivity contribution in [3.63, 3.8) is 0 Å². The summed E-state index contributed by atoms with van der Waals surface area (Å²) in [6, 6.07) is 17.2. The van der Waals surface area contributed by atoms with E-state index in [1.807, 2.05) is 24.3 Å². The molecule has 6 nitrogen and oxygen atoms in total. The summed E-state index contributed by atoms with van der Waals surface area (Å²) in [6.07, 6.45) is 0.566. The summed E-state index contributed by atoms with van der Waals surface area (Å²) < 4.78 is 18.3. The lowest BCUT2D eigenvalue weighted by molar-refractivity contribution is -0.123. The number of rotatable bonds is 6. The maximum Gasteiger partial charge on any atom is 0.251 e. The quantitative estimate of drug-likeness (QED) is 0.535. The molecule has 2 amide bonds. The lowest BCUT2D eigenvalue weighted by Gasteiger charge is -2.25. The molecule has 0 spiro atoms. The van der Waals surface area contributed by atoms with Crippen LogP contribution < -0.4 is 15.4 Å². The van der Waals surface area contributed by atoms with Crippen molar-refractivity contribution in [2.24, 2.45) is 0 Å². The summed E-state index contributed by atoms with van der Waals surface area (Å²) in [5.41, 5.74) is 2.96. The molecule has 3 aromatic rings. The minimum atomic E-state index is -0.482. The summed E-state index contributed by atoms with van der Waals surface area (Å²) in [7, 11) is 1.43. The highest BCUT2D eigenvalue weighted by atomic mass is 19.1. The highest BCUT2D eigenvalue weighted by Crippen LogP contribution is 2.33. The highest BCUT2D eigenvalue weighted by molar-refractivity contribution is 5.95. The number of phenols is 1. The number of carbonyl (C=O) groups excluding carboxylic acids is 2. The van der Waals surface area contributed by atoms with Crippen LogP contribution in [-0.4, -0.2) is 30.1 Å². The Kier molecular flexibility index (Phi) is 6.31. The molecule has 0 aliphatic heterocycles. The first kappa shape index (κ1) is 22.3. The fourth-order valence-electron chi connectivity index (χ4n) is 4.17. The van der Waals surface area contributed by atoms with E-state index >= 15 is 0 Å². The molecule has 0 fully saturated rings. The number of aromatic hydroxyl groups is 1. The zero-order chi connectivity index (χ0) is 23.5. The van der Waals surface area contributed by atoms with E-state index in [0.29, 0.717) is 12.0 Å². The lowest BCUT2D eigenvalue weighted by atomic mass is 9.99. The van der Waals surface area contributed by atoms with Crippen LogP contribution in [0.3, 0.4) is 0 Å². The molecular formula is C26H25FN2O4. The van der Waals surface area contributed by atoms with E-state index in [0.717, 1.165) is 11.1 Å². The van der Waals surface area contributed by atoms with Gasteiger partial charge in [-0.2, -0.15) is 0 Å². The number of ether oxygens (including phenoxy) is 1. The summed E-state index contributed by atoms with van der Waals surface area (Å²) in [6.45, 7) is 1.76. The maximum absolute atomic E-state index is 13.2. The molecule has 0 radical (unpaired) electrons. The smallest absolute Gasteiger partial charge is 0.251 e. The maximum atomic E-state index is 13.2. The van der Waals surface area contributed by atoms with Crippen LogP contribution in [-0.2, 0) is 11.2 Å². The van der Waals surface area contributed by atoms with Gasteiger partial charge in [-0.05, 0) is 60.4 Å². The molecule has 7 heteroatoms. The monoisotopic (exact) mass is 448 g/mol. The fraction of sp³-hybridized carbons (Fsp3) is 0.231. The molecule has 3 atom stereocenters. The van der Waals surface area contributed by atoms with Crippen LogP contribution in [0.2, 0.25) is 0 Å². The second kappa shape index (κ2) is 9.32. The molecule has 3 aromatic carbocycles. The Bertz CT molecular complexity index is 1180. The Labute approximate surface area is 191 Å². The van der Waals surface area contributed by atoms with E-state index < -0.39 is 12.0 Å². The van der Waals surface area contributed by atoms with Gasteiger partial charge in [0, 0.05) is 5.56 Å². The standard InChI is InChI=1S/C26H25FN2O4/c1-15(16-7-10-19(27)11-8-16)25(31)28-21-13-17-5-3-4-6-20(17)24(21)29-26(32)18-9-12-23(33-2)22(30)14-18/h3-12,14-15,21,24,30H,13H2,1-2H3,(H,28,31)(H,29,32)/t15?,21-,24-/m1/s1. The molecule has 33 heavy (non-hydrogen) atoms. The van der Waals surface area contributed by atoms with Gasteiger partial charge in [0.15, 0.2) is 11.5 Å². The first-order valence-corrected chi connectivity index (χ1v) is 10.7. The van der Waals surface area contributed by atoms with Crippen LogP contribution in [0, 0.1) is 5.82 Å². The molecule has 1 aliphatic carbocycles. The Hall–Kier alpha value is -3.87.